The van der Waals surface area contributed by atoms with E-state index in [1.807, 2.05) is 12.2 Å². The van der Waals surface area contributed by atoms with Crippen LogP contribution in [-0.4, -0.2) is 12.6 Å². The number of carbonyl (C=O) groups is 1. The normalized spacial score (nSPS) is 11.3. The van der Waals surface area contributed by atoms with Crippen molar-refractivity contribution in [2.45, 2.75) is 39.5 Å². The Hall–Kier alpha value is -1.05. The summed E-state index contributed by atoms with van der Waals surface area (Å²) >= 11 is 0. The zero-order valence-electron chi connectivity index (χ0n) is 9.16. The quantitative estimate of drug-likeness (QED) is 0.355. The van der Waals surface area contributed by atoms with E-state index in [0.29, 0.717) is 6.61 Å². The number of rotatable bonds is 7. The Morgan fingerprint density at radius 2 is 1.93 bits per heavy atom. The van der Waals surface area contributed by atoms with Crippen molar-refractivity contribution >= 4 is 5.97 Å². The predicted molar refractivity (Wildman–Crippen MR) is 59.1 cm³/mol. The molecule has 80 valence electrons. The molecule has 0 radical (unpaired) electrons. The molecule has 0 heterocycles. The summed E-state index contributed by atoms with van der Waals surface area (Å²) in [4.78, 5) is 10.4. The molecule has 0 unspecified atom stereocenters. The molecular weight excluding hydrogens is 176 g/mol. The lowest BCUT2D eigenvalue weighted by molar-refractivity contribution is -0.139. The van der Waals surface area contributed by atoms with Gasteiger partial charge in [0.1, 0.15) is 6.61 Å². The number of unbranched alkanes of at least 4 members (excludes halogenated alkanes) is 2. The summed E-state index contributed by atoms with van der Waals surface area (Å²) in [6.07, 6.45) is 12.8. The minimum Gasteiger partial charge on any atom is -0.462 e. The van der Waals surface area contributed by atoms with E-state index in [-0.39, 0.29) is 5.97 Å². The SMILES string of the molecule is CCCC/C=C\C/C=C/COC(C)=O. The van der Waals surface area contributed by atoms with E-state index >= 15 is 0 Å². The van der Waals surface area contributed by atoms with Crippen LogP contribution in [0.2, 0.25) is 0 Å². The Morgan fingerprint density at radius 3 is 2.57 bits per heavy atom. The molecule has 0 bridgehead atoms. The van der Waals surface area contributed by atoms with E-state index in [1.54, 1.807) is 0 Å². The second kappa shape index (κ2) is 10.0. The summed E-state index contributed by atoms with van der Waals surface area (Å²) < 4.78 is 4.74. The van der Waals surface area contributed by atoms with Crippen LogP contribution in [0.4, 0.5) is 0 Å². The van der Waals surface area contributed by atoms with E-state index in [0.717, 1.165) is 12.8 Å². The van der Waals surface area contributed by atoms with Crippen LogP contribution >= 0.6 is 0 Å². The van der Waals surface area contributed by atoms with Crippen molar-refractivity contribution in [2.75, 3.05) is 6.61 Å². The third kappa shape index (κ3) is 11.0. The van der Waals surface area contributed by atoms with Gasteiger partial charge in [0, 0.05) is 6.92 Å². The predicted octanol–water partition coefficient (Wildman–Crippen LogP) is 3.24. The highest BCUT2D eigenvalue weighted by molar-refractivity contribution is 5.65. The first kappa shape index (κ1) is 12.9. The van der Waals surface area contributed by atoms with Crippen molar-refractivity contribution in [3.05, 3.63) is 24.3 Å². The largest absolute Gasteiger partial charge is 0.462 e. The van der Waals surface area contributed by atoms with Crippen LogP contribution in [0.25, 0.3) is 0 Å². The molecule has 0 aliphatic carbocycles. The molecule has 2 heteroatoms. The molecule has 0 spiro atoms. The maximum absolute atomic E-state index is 10.4. The van der Waals surface area contributed by atoms with Crippen LogP contribution in [0.3, 0.4) is 0 Å². The van der Waals surface area contributed by atoms with Crippen LogP contribution in [0.5, 0.6) is 0 Å². The maximum Gasteiger partial charge on any atom is 0.302 e. The highest BCUT2D eigenvalue weighted by atomic mass is 16.5. The first-order valence-corrected chi connectivity index (χ1v) is 5.20. The molecule has 0 aliphatic heterocycles. The fourth-order valence-electron chi connectivity index (χ4n) is 0.944. The van der Waals surface area contributed by atoms with E-state index < -0.39 is 0 Å². The van der Waals surface area contributed by atoms with Gasteiger partial charge >= 0.3 is 5.97 Å². The third-order valence-corrected chi connectivity index (χ3v) is 1.71. The average molecular weight is 196 g/mol. The van der Waals surface area contributed by atoms with Gasteiger partial charge in [-0.3, -0.25) is 4.79 Å². The number of carbonyl (C=O) groups excluding carboxylic acids is 1. The zero-order valence-corrected chi connectivity index (χ0v) is 9.16. The monoisotopic (exact) mass is 196 g/mol. The van der Waals surface area contributed by atoms with Gasteiger partial charge < -0.3 is 4.74 Å². The summed E-state index contributed by atoms with van der Waals surface area (Å²) in [7, 11) is 0. The standard InChI is InChI=1S/C12H20O2/c1-3-4-5-6-7-8-9-10-11-14-12(2)13/h6-7,9-10H,3-5,8,11H2,1-2H3/b7-6-,10-9+. The molecule has 0 aromatic heterocycles. The van der Waals surface area contributed by atoms with Gasteiger partial charge in [-0.25, -0.2) is 0 Å². The minimum absolute atomic E-state index is 0.229. The molecule has 0 saturated carbocycles. The van der Waals surface area contributed by atoms with Crippen molar-refractivity contribution in [1.29, 1.82) is 0 Å². The Kier molecular flexibility index (Phi) is 9.28. The van der Waals surface area contributed by atoms with Crippen molar-refractivity contribution in [3.8, 4) is 0 Å². The zero-order chi connectivity index (χ0) is 10.6. The number of allylic oxidation sites excluding steroid dienone is 3. The lowest BCUT2D eigenvalue weighted by atomic mass is 10.2. The van der Waals surface area contributed by atoms with Gasteiger partial charge in [-0.1, -0.05) is 44.1 Å². The van der Waals surface area contributed by atoms with E-state index in [9.17, 15) is 4.79 Å². The van der Waals surface area contributed by atoms with Crippen molar-refractivity contribution in [3.63, 3.8) is 0 Å². The third-order valence-electron chi connectivity index (χ3n) is 1.71. The van der Waals surface area contributed by atoms with Crippen molar-refractivity contribution < 1.29 is 9.53 Å². The van der Waals surface area contributed by atoms with Gasteiger partial charge in [0.2, 0.25) is 0 Å². The lowest BCUT2D eigenvalue weighted by Gasteiger charge is -1.93. The number of esters is 1. The molecule has 0 aliphatic rings. The Bertz CT molecular complexity index is 192. The summed E-state index contributed by atoms with van der Waals surface area (Å²) in [5.74, 6) is -0.229. The number of hydrogen-bond donors (Lipinski definition) is 0. The molecule has 0 amide bonds. The minimum atomic E-state index is -0.229. The summed E-state index contributed by atoms with van der Waals surface area (Å²) in [6, 6.07) is 0. The molecule has 0 saturated heterocycles. The lowest BCUT2D eigenvalue weighted by Crippen LogP contribution is -1.97. The molecule has 0 atom stereocenters. The van der Waals surface area contributed by atoms with Gasteiger partial charge in [-0.15, -0.1) is 0 Å². The second-order valence-corrected chi connectivity index (χ2v) is 3.12. The fourth-order valence-corrected chi connectivity index (χ4v) is 0.944. The van der Waals surface area contributed by atoms with Crippen LogP contribution in [0, 0.1) is 0 Å². The molecule has 0 N–H and O–H groups in total. The average Bonchev–Trinajstić information content (AvgIpc) is 2.15. The number of hydrogen-bond acceptors (Lipinski definition) is 2. The highest BCUT2D eigenvalue weighted by Crippen LogP contribution is 1.96. The highest BCUT2D eigenvalue weighted by Gasteiger charge is 1.85. The Balaban J connectivity index is 3.25. The second-order valence-electron chi connectivity index (χ2n) is 3.12. The van der Waals surface area contributed by atoms with Crippen LogP contribution in [-0.2, 0) is 9.53 Å². The van der Waals surface area contributed by atoms with Gasteiger partial charge in [-0.05, 0) is 12.8 Å². The van der Waals surface area contributed by atoms with E-state index in [4.69, 9.17) is 4.74 Å². The van der Waals surface area contributed by atoms with E-state index in [2.05, 4.69) is 19.1 Å². The molecule has 0 fully saturated rings. The first-order chi connectivity index (χ1) is 6.77. The molecule has 0 aromatic carbocycles. The molecule has 2 nitrogen and oxygen atoms in total. The topological polar surface area (TPSA) is 26.3 Å². The molecule has 14 heavy (non-hydrogen) atoms. The molecule has 0 rings (SSSR count). The summed E-state index contributed by atoms with van der Waals surface area (Å²) in [6.45, 7) is 3.99. The maximum atomic E-state index is 10.4. The van der Waals surface area contributed by atoms with Gasteiger partial charge in [-0.2, -0.15) is 0 Å². The van der Waals surface area contributed by atoms with E-state index in [1.165, 1.54) is 19.8 Å². The smallest absolute Gasteiger partial charge is 0.302 e. The Labute approximate surface area is 86.6 Å². The molecule has 0 aromatic rings. The molecular formula is C12H20O2. The van der Waals surface area contributed by atoms with Crippen molar-refractivity contribution in [2.24, 2.45) is 0 Å². The van der Waals surface area contributed by atoms with Crippen LogP contribution in [0.15, 0.2) is 24.3 Å². The van der Waals surface area contributed by atoms with Crippen LogP contribution in [0.1, 0.15) is 39.5 Å². The summed E-state index contributed by atoms with van der Waals surface area (Å²) in [5.41, 5.74) is 0. The van der Waals surface area contributed by atoms with Gasteiger partial charge in [0.05, 0.1) is 0 Å². The Morgan fingerprint density at radius 1 is 1.21 bits per heavy atom. The summed E-state index contributed by atoms with van der Waals surface area (Å²) in [5, 5.41) is 0. The first-order valence-electron chi connectivity index (χ1n) is 5.20. The number of ether oxygens (including phenoxy) is 1. The van der Waals surface area contributed by atoms with Crippen molar-refractivity contribution in [1.82, 2.24) is 0 Å². The van der Waals surface area contributed by atoms with Crippen LogP contribution < -0.4 is 0 Å². The van der Waals surface area contributed by atoms with Gasteiger partial charge in [0.25, 0.3) is 0 Å². The fraction of sp³-hybridized carbons (Fsp3) is 0.583. The van der Waals surface area contributed by atoms with Gasteiger partial charge in [0.15, 0.2) is 0 Å².